The normalized spacial score (nSPS) is 10.3. The Balaban J connectivity index is 2.41. The molecule has 0 saturated heterocycles. The lowest BCUT2D eigenvalue weighted by atomic mass is 10.2. The van der Waals surface area contributed by atoms with Gasteiger partial charge in [-0.15, -0.1) is 22.0 Å². The lowest BCUT2D eigenvalue weighted by Crippen LogP contribution is -1.94. The second-order valence-corrected chi connectivity index (χ2v) is 5.49. The topological polar surface area (TPSA) is 54.5 Å². The van der Waals surface area contributed by atoms with Crippen molar-refractivity contribution in [1.29, 1.82) is 5.26 Å². The maximum atomic E-state index is 9.26. The molecule has 0 spiro atoms. The maximum absolute atomic E-state index is 9.26. The van der Waals surface area contributed by atoms with Crippen LogP contribution in [0.2, 0.25) is 0 Å². The van der Waals surface area contributed by atoms with Crippen LogP contribution in [0.5, 0.6) is 0 Å². The molecule has 18 heavy (non-hydrogen) atoms. The summed E-state index contributed by atoms with van der Waals surface area (Å²) in [4.78, 5) is 1.90. The van der Waals surface area contributed by atoms with Gasteiger partial charge in [-0.05, 0) is 37.1 Å². The fraction of sp³-hybridized carbons (Fsp3) is 0.250. The van der Waals surface area contributed by atoms with Crippen molar-refractivity contribution < 1.29 is 0 Å². The smallest absolute Gasteiger partial charge is 0.195 e. The first-order valence-corrected chi connectivity index (χ1v) is 7.32. The predicted octanol–water partition coefficient (Wildman–Crippen LogP) is 2.87. The Morgan fingerprint density at radius 1 is 1.28 bits per heavy atom. The first kappa shape index (κ1) is 13.0. The van der Waals surface area contributed by atoms with Gasteiger partial charge in [-0.25, -0.2) is 0 Å². The number of nitrogens with zero attached hydrogens (tertiary/aromatic N) is 4. The molecule has 0 aliphatic carbocycles. The minimum Gasteiger partial charge on any atom is -0.309 e. The maximum Gasteiger partial charge on any atom is 0.195 e. The second-order valence-electron chi connectivity index (χ2n) is 3.64. The lowest BCUT2D eigenvalue weighted by Gasteiger charge is -2.06. The molecule has 2 aromatic rings. The standard InChI is InChI=1S/C12H12N4S2/c1-8-14-15-12(16(8)2)18-11-6-4-5-10(17-3)9(11)7-13/h4-6H,1-3H3. The Hall–Kier alpha value is -1.45. The summed E-state index contributed by atoms with van der Waals surface area (Å²) in [6, 6.07) is 8.11. The molecule has 0 bridgehead atoms. The summed E-state index contributed by atoms with van der Waals surface area (Å²) in [5.41, 5.74) is 0.704. The van der Waals surface area contributed by atoms with Crippen LogP contribution in [0.15, 0.2) is 33.1 Å². The minimum absolute atomic E-state index is 0.704. The van der Waals surface area contributed by atoms with Gasteiger partial charge >= 0.3 is 0 Å². The molecule has 1 heterocycles. The third-order valence-corrected chi connectivity index (χ3v) is 4.45. The fourth-order valence-corrected chi connectivity index (χ4v) is 3.04. The van der Waals surface area contributed by atoms with Crippen LogP contribution in [0.25, 0.3) is 0 Å². The molecular formula is C12H12N4S2. The van der Waals surface area contributed by atoms with Crippen LogP contribution in [0.1, 0.15) is 11.4 Å². The van der Waals surface area contributed by atoms with Crippen molar-refractivity contribution in [2.45, 2.75) is 21.9 Å². The molecule has 0 radical (unpaired) electrons. The van der Waals surface area contributed by atoms with E-state index in [9.17, 15) is 5.26 Å². The van der Waals surface area contributed by atoms with Crippen molar-refractivity contribution in [3.63, 3.8) is 0 Å². The van der Waals surface area contributed by atoms with Crippen LogP contribution in [-0.2, 0) is 7.05 Å². The molecule has 0 aliphatic heterocycles. The summed E-state index contributed by atoms with van der Waals surface area (Å²) < 4.78 is 1.91. The van der Waals surface area contributed by atoms with E-state index in [0.29, 0.717) is 5.56 Å². The van der Waals surface area contributed by atoms with Crippen LogP contribution >= 0.6 is 23.5 Å². The number of benzene rings is 1. The molecule has 4 nitrogen and oxygen atoms in total. The van der Waals surface area contributed by atoms with Gasteiger partial charge in [0.25, 0.3) is 0 Å². The van der Waals surface area contributed by atoms with Crippen molar-refractivity contribution in [2.75, 3.05) is 6.26 Å². The van der Waals surface area contributed by atoms with E-state index in [1.54, 1.807) is 11.8 Å². The van der Waals surface area contributed by atoms with Crippen molar-refractivity contribution in [3.8, 4) is 6.07 Å². The Morgan fingerprint density at radius 2 is 2.00 bits per heavy atom. The van der Waals surface area contributed by atoms with Crippen LogP contribution in [0.4, 0.5) is 0 Å². The number of hydrogen-bond acceptors (Lipinski definition) is 5. The number of rotatable bonds is 3. The summed E-state index contributed by atoms with van der Waals surface area (Å²) in [5, 5.41) is 18.2. The summed E-state index contributed by atoms with van der Waals surface area (Å²) >= 11 is 3.04. The highest BCUT2D eigenvalue weighted by atomic mass is 32.2. The zero-order valence-electron chi connectivity index (χ0n) is 10.3. The zero-order valence-corrected chi connectivity index (χ0v) is 12.0. The summed E-state index contributed by atoms with van der Waals surface area (Å²) in [6.07, 6.45) is 1.97. The number of aromatic nitrogens is 3. The number of nitriles is 1. The van der Waals surface area contributed by atoms with E-state index in [-0.39, 0.29) is 0 Å². The number of aryl methyl sites for hydroxylation is 1. The zero-order chi connectivity index (χ0) is 13.1. The average molecular weight is 276 g/mol. The molecule has 0 unspecified atom stereocenters. The van der Waals surface area contributed by atoms with Crippen LogP contribution in [-0.4, -0.2) is 21.0 Å². The summed E-state index contributed by atoms with van der Waals surface area (Å²) in [5.74, 6) is 0.858. The highest BCUT2D eigenvalue weighted by Gasteiger charge is 2.12. The fourth-order valence-electron chi connectivity index (χ4n) is 1.45. The van der Waals surface area contributed by atoms with Crippen molar-refractivity contribution in [2.24, 2.45) is 7.05 Å². The van der Waals surface area contributed by atoms with E-state index in [1.807, 2.05) is 43.0 Å². The number of hydrogen-bond donors (Lipinski definition) is 0. The molecule has 1 aromatic heterocycles. The summed E-state index contributed by atoms with van der Waals surface area (Å²) in [7, 11) is 1.92. The van der Waals surface area contributed by atoms with Crippen molar-refractivity contribution in [3.05, 3.63) is 29.6 Å². The largest absolute Gasteiger partial charge is 0.309 e. The van der Waals surface area contributed by atoms with Gasteiger partial charge in [-0.1, -0.05) is 6.07 Å². The first-order chi connectivity index (χ1) is 8.67. The number of thioether (sulfide) groups is 1. The van der Waals surface area contributed by atoms with Crippen LogP contribution in [0, 0.1) is 18.3 Å². The Kier molecular flexibility index (Phi) is 3.94. The molecule has 2 rings (SSSR count). The molecule has 1 aromatic carbocycles. The van der Waals surface area contributed by atoms with Crippen molar-refractivity contribution >= 4 is 23.5 Å². The Labute approximate surface area is 114 Å². The van der Waals surface area contributed by atoms with E-state index in [4.69, 9.17) is 0 Å². The Bertz CT molecular complexity index is 613. The van der Waals surface area contributed by atoms with Gasteiger partial charge < -0.3 is 4.57 Å². The van der Waals surface area contributed by atoms with E-state index >= 15 is 0 Å². The highest BCUT2D eigenvalue weighted by Crippen LogP contribution is 2.33. The van der Waals surface area contributed by atoms with E-state index in [2.05, 4.69) is 16.3 Å². The van der Waals surface area contributed by atoms with Crippen molar-refractivity contribution in [1.82, 2.24) is 14.8 Å². The molecule has 0 atom stereocenters. The molecule has 0 saturated carbocycles. The molecular weight excluding hydrogens is 264 g/mol. The van der Waals surface area contributed by atoms with Gasteiger partial charge in [0.05, 0.1) is 5.56 Å². The predicted molar refractivity (Wildman–Crippen MR) is 72.8 cm³/mol. The molecule has 0 N–H and O–H groups in total. The minimum atomic E-state index is 0.704. The quantitative estimate of drug-likeness (QED) is 0.807. The van der Waals surface area contributed by atoms with Gasteiger partial charge in [0.15, 0.2) is 5.16 Å². The SMILES string of the molecule is CSc1cccc(Sc2nnc(C)n2C)c1C#N. The van der Waals surface area contributed by atoms with Gasteiger partial charge in [-0.2, -0.15) is 5.26 Å². The van der Waals surface area contributed by atoms with Crippen LogP contribution in [0.3, 0.4) is 0 Å². The van der Waals surface area contributed by atoms with Crippen LogP contribution < -0.4 is 0 Å². The molecule has 0 amide bonds. The second kappa shape index (κ2) is 5.46. The monoisotopic (exact) mass is 276 g/mol. The molecule has 0 fully saturated rings. The average Bonchev–Trinajstić information content (AvgIpc) is 2.70. The summed E-state index contributed by atoms with van der Waals surface area (Å²) in [6.45, 7) is 1.90. The lowest BCUT2D eigenvalue weighted by molar-refractivity contribution is 0.765. The molecule has 6 heteroatoms. The third-order valence-electron chi connectivity index (χ3n) is 2.57. The van der Waals surface area contributed by atoms with Gasteiger partial charge in [0, 0.05) is 16.8 Å². The highest BCUT2D eigenvalue weighted by molar-refractivity contribution is 7.99. The van der Waals surface area contributed by atoms with E-state index in [1.165, 1.54) is 11.8 Å². The molecule has 0 aliphatic rings. The molecule has 92 valence electrons. The van der Waals surface area contributed by atoms with E-state index in [0.717, 1.165) is 20.8 Å². The van der Waals surface area contributed by atoms with E-state index < -0.39 is 0 Å². The Morgan fingerprint density at radius 3 is 2.56 bits per heavy atom. The van der Waals surface area contributed by atoms with Gasteiger partial charge in [0.1, 0.15) is 11.9 Å². The third kappa shape index (κ3) is 2.37. The van der Waals surface area contributed by atoms with Gasteiger partial charge in [0.2, 0.25) is 0 Å². The van der Waals surface area contributed by atoms with Gasteiger partial charge in [-0.3, -0.25) is 0 Å². The first-order valence-electron chi connectivity index (χ1n) is 5.28.